The average Bonchev–Trinajstić information content (AvgIpc) is 2.48. The molecule has 1 aliphatic heterocycles. The molecule has 3 N–H and O–H groups in total. The van der Waals surface area contributed by atoms with Crippen LogP contribution in [-0.4, -0.2) is 48.5 Å². The first kappa shape index (κ1) is 19.9. The van der Waals surface area contributed by atoms with Gasteiger partial charge in [-0.3, -0.25) is 0 Å². The molecule has 8 nitrogen and oxygen atoms in total. The molecule has 140 valence electrons. The quantitative estimate of drug-likeness (QED) is 0.752. The maximum atomic E-state index is 12.9. The first-order chi connectivity index (χ1) is 11.5. The Labute approximate surface area is 156 Å². The van der Waals surface area contributed by atoms with Gasteiger partial charge >= 0.3 is 6.09 Å². The van der Waals surface area contributed by atoms with Crippen LogP contribution >= 0.6 is 15.9 Å². The van der Waals surface area contributed by atoms with E-state index in [9.17, 15) is 13.2 Å². The van der Waals surface area contributed by atoms with Crippen molar-refractivity contribution in [2.45, 2.75) is 50.2 Å². The standard InChI is InChI=1S/C15H23BrN4O4S/c1-15(2,3)24-14(21)19-11-5-4-6-20(9-11)25(22,23)12-7-10(16)8-18-13(12)17/h7-8,11H,4-6,9H2,1-3H3,(H2,17,18)(H,19,21). The number of halogens is 1. The maximum Gasteiger partial charge on any atom is 0.407 e. The number of aromatic nitrogens is 1. The van der Waals surface area contributed by atoms with Crippen molar-refractivity contribution in [2.24, 2.45) is 0 Å². The number of carbonyl (C=O) groups excluding carboxylic acids is 1. The Kier molecular flexibility index (Phi) is 5.95. The number of nitrogens with two attached hydrogens (primary N) is 1. The molecule has 1 aromatic heterocycles. The number of nitrogens with one attached hydrogen (secondary N) is 1. The van der Waals surface area contributed by atoms with Gasteiger partial charge in [-0.2, -0.15) is 4.31 Å². The van der Waals surface area contributed by atoms with Gasteiger partial charge in [0.2, 0.25) is 10.0 Å². The molecule has 25 heavy (non-hydrogen) atoms. The Balaban J connectivity index is 2.12. The van der Waals surface area contributed by atoms with Crippen LogP contribution in [-0.2, 0) is 14.8 Å². The van der Waals surface area contributed by atoms with Gasteiger partial charge in [0.1, 0.15) is 16.3 Å². The number of pyridine rings is 1. The van der Waals surface area contributed by atoms with Crippen LogP contribution in [0.3, 0.4) is 0 Å². The fraction of sp³-hybridized carbons (Fsp3) is 0.600. The molecule has 1 saturated heterocycles. The van der Waals surface area contributed by atoms with E-state index in [4.69, 9.17) is 10.5 Å². The normalized spacial score (nSPS) is 19.4. The van der Waals surface area contributed by atoms with Crippen LogP contribution in [0.15, 0.2) is 21.6 Å². The largest absolute Gasteiger partial charge is 0.444 e. The van der Waals surface area contributed by atoms with Crippen LogP contribution in [0.4, 0.5) is 10.6 Å². The number of hydrogen-bond donors (Lipinski definition) is 2. The second-order valence-electron chi connectivity index (χ2n) is 6.89. The van der Waals surface area contributed by atoms with Gasteiger partial charge in [0, 0.05) is 29.8 Å². The number of ether oxygens (including phenoxy) is 1. The third-order valence-electron chi connectivity index (χ3n) is 3.57. The summed E-state index contributed by atoms with van der Waals surface area (Å²) in [5, 5.41) is 2.73. The van der Waals surface area contributed by atoms with Crippen molar-refractivity contribution in [3.63, 3.8) is 0 Å². The fourth-order valence-electron chi connectivity index (χ4n) is 2.53. The molecule has 1 atom stereocenters. The van der Waals surface area contributed by atoms with E-state index in [0.29, 0.717) is 23.9 Å². The number of alkyl carbamates (subject to hydrolysis) is 1. The highest BCUT2D eigenvalue weighted by Crippen LogP contribution is 2.26. The zero-order valence-electron chi connectivity index (χ0n) is 14.5. The number of anilines is 1. The molecule has 1 amide bonds. The molecule has 1 aliphatic rings. The minimum atomic E-state index is -3.80. The van der Waals surface area contributed by atoms with Gasteiger partial charge in [-0.1, -0.05) is 0 Å². The van der Waals surface area contributed by atoms with Gasteiger partial charge in [-0.05, 0) is 55.6 Å². The lowest BCUT2D eigenvalue weighted by molar-refractivity contribution is 0.0487. The summed E-state index contributed by atoms with van der Waals surface area (Å²) in [6.07, 6.45) is 2.19. The SMILES string of the molecule is CC(C)(C)OC(=O)NC1CCCN(S(=O)(=O)c2cc(Br)cnc2N)C1. The third-order valence-corrected chi connectivity index (χ3v) is 5.90. The van der Waals surface area contributed by atoms with Gasteiger partial charge in [0.15, 0.2) is 0 Å². The zero-order chi connectivity index (χ0) is 18.8. The Bertz CT molecular complexity index is 748. The molecule has 10 heteroatoms. The maximum absolute atomic E-state index is 12.9. The van der Waals surface area contributed by atoms with Crippen molar-refractivity contribution >= 4 is 37.9 Å². The third kappa shape index (κ3) is 5.29. The molecule has 2 rings (SSSR count). The summed E-state index contributed by atoms with van der Waals surface area (Å²) >= 11 is 3.21. The van der Waals surface area contributed by atoms with Gasteiger partial charge < -0.3 is 15.8 Å². The van der Waals surface area contributed by atoms with Gasteiger partial charge in [0.25, 0.3) is 0 Å². The molecule has 0 aliphatic carbocycles. The predicted octanol–water partition coefficient (Wildman–Crippen LogP) is 2.10. The Morgan fingerprint density at radius 3 is 2.80 bits per heavy atom. The number of sulfonamides is 1. The topological polar surface area (TPSA) is 115 Å². The number of hydrogen-bond acceptors (Lipinski definition) is 6. The lowest BCUT2D eigenvalue weighted by Gasteiger charge is -2.33. The van der Waals surface area contributed by atoms with Crippen molar-refractivity contribution in [3.8, 4) is 0 Å². The Morgan fingerprint density at radius 2 is 2.16 bits per heavy atom. The van der Waals surface area contributed by atoms with Gasteiger partial charge in [0.05, 0.1) is 0 Å². The van der Waals surface area contributed by atoms with Gasteiger partial charge in [-0.25, -0.2) is 18.2 Å². The Hall–Kier alpha value is -1.39. The summed E-state index contributed by atoms with van der Waals surface area (Å²) in [5.41, 5.74) is 5.13. The van der Waals surface area contributed by atoms with Crippen LogP contribution < -0.4 is 11.1 Å². The summed E-state index contributed by atoms with van der Waals surface area (Å²) in [6.45, 7) is 5.84. The van der Waals surface area contributed by atoms with Crippen molar-refractivity contribution in [1.82, 2.24) is 14.6 Å². The van der Waals surface area contributed by atoms with E-state index in [0.717, 1.165) is 0 Å². The summed E-state index contributed by atoms with van der Waals surface area (Å²) in [5.74, 6) is -0.0505. The van der Waals surface area contributed by atoms with E-state index in [1.807, 2.05) is 0 Å². The molecular formula is C15H23BrN4O4S. The molecule has 0 aromatic carbocycles. The first-order valence-electron chi connectivity index (χ1n) is 7.90. The fourth-order valence-corrected chi connectivity index (χ4v) is 4.63. The van der Waals surface area contributed by atoms with Crippen molar-refractivity contribution in [2.75, 3.05) is 18.8 Å². The van der Waals surface area contributed by atoms with Crippen LogP contribution in [0.1, 0.15) is 33.6 Å². The van der Waals surface area contributed by atoms with E-state index < -0.39 is 21.7 Å². The molecule has 0 spiro atoms. The minimum absolute atomic E-state index is 0.0419. The average molecular weight is 435 g/mol. The summed E-state index contributed by atoms with van der Waals surface area (Å²) in [6, 6.07) is 1.11. The number of carbonyl (C=O) groups is 1. The summed E-state index contributed by atoms with van der Waals surface area (Å²) in [7, 11) is -3.80. The summed E-state index contributed by atoms with van der Waals surface area (Å²) < 4.78 is 32.8. The van der Waals surface area contributed by atoms with E-state index in [1.165, 1.54) is 16.6 Å². The minimum Gasteiger partial charge on any atom is -0.444 e. The number of nitrogens with zero attached hydrogens (tertiary/aromatic N) is 2. The summed E-state index contributed by atoms with van der Waals surface area (Å²) in [4.78, 5) is 15.8. The second kappa shape index (κ2) is 7.46. The second-order valence-corrected chi connectivity index (χ2v) is 9.71. The molecule has 0 radical (unpaired) electrons. The van der Waals surface area contributed by atoms with E-state index in [2.05, 4.69) is 26.2 Å². The molecule has 1 aromatic rings. The molecule has 1 fully saturated rings. The lowest BCUT2D eigenvalue weighted by atomic mass is 10.1. The first-order valence-corrected chi connectivity index (χ1v) is 10.1. The van der Waals surface area contributed by atoms with E-state index in [-0.39, 0.29) is 23.3 Å². The lowest BCUT2D eigenvalue weighted by Crippen LogP contribution is -2.50. The molecule has 0 bridgehead atoms. The highest BCUT2D eigenvalue weighted by Gasteiger charge is 2.33. The molecular weight excluding hydrogens is 412 g/mol. The smallest absolute Gasteiger partial charge is 0.407 e. The number of amides is 1. The van der Waals surface area contributed by atoms with Crippen LogP contribution in [0.25, 0.3) is 0 Å². The van der Waals surface area contributed by atoms with E-state index in [1.54, 1.807) is 20.8 Å². The van der Waals surface area contributed by atoms with Crippen LogP contribution in [0.5, 0.6) is 0 Å². The van der Waals surface area contributed by atoms with Gasteiger partial charge in [-0.15, -0.1) is 0 Å². The molecule has 1 unspecified atom stereocenters. The predicted molar refractivity (Wildman–Crippen MR) is 97.5 cm³/mol. The number of piperidine rings is 1. The van der Waals surface area contributed by atoms with Crippen molar-refractivity contribution in [1.29, 1.82) is 0 Å². The van der Waals surface area contributed by atoms with Crippen LogP contribution in [0, 0.1) is 0 Å². The van der Waals surface area contributed by atoms with Crippen molar-refractivity contribution < 1.29 is 17.9 Å². The highest BCUT2D eigenvalue weighted by molar-refractivity contribution is 9.10. The van der Waals surface area contributed by atoms with Crippen molar-refractivity contribution in [3.05, 3.63) is 16.7 Å². The zero-order valence-corrected chi connectivity index (χ0v) is 16.9. The highest BCUT2D eigenvalue weighted by atomic mass is 79.9. The molecule has 2 heterocycles. The van der Waals surface area contributed by atoms with E-state index >= 15 is 0 Å². The monoisotopic (exact) mass is 434 g/mol. The number of nitrogen functional groups attached to an aromatic ring is 1. The number of rotatable bonds is 3. The Morgan fingerprint density at radius 1 is 1.48 bits per heavy atom. The molecule has 0 saturated carbocycles. The van der Waals surface area contributed by atoms with Crippen LogP contribution in [0.2, 0.25) is 0 Å².